The number of hydrogen-bond acceptors (Lipinski definition) is 3. The molecule has 1 heterocycles. The van der Waals surface area contributed by atoms with Crippen molar-refractivity contribution in [1.82, 2.24) is 4.90 Å². The molecule has 1 saturated heterocycles. The summed E-state index contributed by atoms with van der Waals surface area (Å²) < 4.78 is 18.3. The van der Waals surface area contributed by atoms with Crippen LogP contribution in [0.15, 0.2) is 24.3 Å². The number of aliphatic carboxylic acids is 1. The average Bonchev–Trinajstić information content (AvgIpc) is 2.45. The lowest BCUT2D eigenvalue weighted by atomic mass is 10.1. The van der Waals surface area contributed by atoms with Gasteiger partial charge in [-0.3, -0.25) is 4.79 Å². The predicted octanol–water partition coefficient (Wildman–Crippen LogP) is 1.46. The molecule has 114 valence electrons. The van der Waals surface area contributed by atoms with Crippen molar-refractivity contribution in [2.75, 3.05) is 19.7 Å². The first-order chi connectivity index (χ1) is 10.0. The monoisotopic (exact) mass is 295 g/mol. The van der Waals surface area contributed by atoms with Gasteiger partial charge in [-0.1, -0.05) is 12.1 Å². The number of benzene rings is 1. The normalized spacial score (nSPS) is 16.0. The fourth-order valence-corrected chi connectivity index (χ4v) is 2.39. The third kappa shape index (κ3) is 4.82. The van der Waals surface area contributed by atoms with Crippen LogP contribution >= 0.6 is 0 Å². The van der Waals surface area contributed by atoms with Gasteiger partial charge in [0.2, 0.25) is 5.91 Å². The minimum atomic E-state index is -0.986. The molecule has 1 amide bonds. The highest BCUT2D eigenvalue weighted by atomic mass is 19.1. The van der Waals surface area contributed by atoms with Gasteiger partial charge in [0.15, 0.2) is 0 Å². The van der Waals surface area contributed by atoms with Crippen LogP contribution in [0.1, 0.15) is 18.4 Å². The summed E-state index contributed by atoms with van der Waals surface area (Å²) in [6, 6.07) is 6.02. The lowest BCUT2D eigenvalue weighted by Gasteiger charge is -2.31. The highest BCUT2D eigenvalue weighted by molar-refractivity contribution is 5.78. The second kappa shape index (κ2) is 7.17. The van der Waals surface area contributed by atoms with E-state index < -0.39 is 5.97 Å². The van der Waals surface area contributed by atoms with E-state index >= 15 is 0 Å². The minimum absolute atomic E-state index is 0.0442. The molecule has 0 radical (unpaired) electrons. The van der Waals surface area contributed by atoms with E-state index in [1.54, 1.807) is 17.0 Å². The number of likely N-dealkylation sites (tertiary alicyclic amines) is 1. The van der Waals surface area contributed by atoms with Crippen molar-refractivity contribution >= 4 is 11.9 Å². The molecule has 1 aliphatic rings. The fourth-order valence-electron chi connectivity index (χ4n) is 2.39. The minimum Gasteiger partial charge on any atom is -0.480 e. The van der Waals surface area contributed by atoms with Crippen LogP contribution < -0.4 is 0 Å². The van der Waals surface area contributed by atoms with Gasteiger partial charge in [-0.2, -0.15) is 0 Å². The van der Waals surface area contributed by atoms with Crippen LogP contribution in [0, 0.1) is 5.82 Å². The molecule has 0 aliphatic carbocycles. The fraction of sp³-hybridized carbons (Fsp3) is 0.467. The van der Waals surface area contributed by atoms with E-state index in [9.17, 15) is 14.0 Å². The number of piperidine rings is 1. The number of amides is 1. The van der Waals surface area contributed by atoms with Crippen LogP contribution in [0.25, 0.3) is 0 Å². The molecule has 0 spiro atoms. The molecule has 1 N–H and O–H groups in total. The van der Waals surface area contributed by atoms with E-state index in [2.05, 4.69) is 0 Å². The molecule has 0 saturated carbocycles. The Bertz CT molecular complexity index is 512. The summed E-state index contributed by atoms with van der Waals surface area (Å²) in [7, 11) is 0. The predicted molar refractivity (Wildman–Crippen MR) is 73.3 cm³/mol. The molecule has 1 aromatic rings. The summed E-state index contributed by atoms with van der Waals surface area (Å²) >= 11 is 0. The van der Waals surface area contributed by atoms with Gasteiger partial charge in [0.1, 0.15) is 12.4 Å². The molecule has 1 aliphatic heterocycles. The van der Waals surface area contributed by atoms with E-state index in [1.807, 2.05) is 0 Å². The first kappa shape index (κ1) is 15.4. The molecular weight excluding hydrogens is 277 g/mol. The Balaban J connectivity index is 1.79. The number of nitrogens with zero attached hydrogens (tertiary/aromatic N) is 1. The lowest BCUT2D eigenvalue weighted by Crippen LogP contribution is -2.42. The lowest BCUT2D eigenvalue weighted by molar-refractivity contribution is -0.146. The third-order valence-electron chi connectivity index (χ3n) is 3.48. The van der Waals surface area contributed by atoms with Crippen molar-refractivity contribution in [2.45, 2.75) is 25.4 Å². The summed E-state index contributed by atoms with van der Waals surface area (Å²) in [5.74, 6) is -1.38. The van der Waals surface area contributed by atoms with Crippen molar-refractivity contribution in [2.24, 2.45) is 0 Å². The smallest absolute Gasteiger partial charge is 0.329 e. The quantitative estimate of drug-likeness (QED) is 0.893. The second-order valence-corrected chi connectivity index (χ2v) is 5.09. The highest BCUT2D eigenvalue weighted by Gasteiger charge is 2.23. The standard InChI is InChI=1S/C15H18FNO4/c16-12-3-1-2-11(8-12)9-14(18)17-6-4-13(5-7-17)21-10-15(19)20/h1-3,8,13H,4-7,9-10H2,(H,19,20). The number of carbonyl (C=O) groups is 2. The number of rotatable bonds is 5. The van der Waals surface area contributed by atoms with Gasteiger partial charge in [0, 0.05) is 13.1 Å². The number of carboxylic acid groups (broad SMARTS) is 1. The molecule has 2 rings (SSSR count). The first-order valence-electron chi connectivity index (χ1n) is 6.90. The van der Waals surface area contributed by atoms with Crippen molar-refractivity contribution in [3.63, 3.8) is 0 Å². The largest absolute Gasteiger partial charge is 0.480 e. The number of carboxylic acids is 1. The molecule has 0 bridgehead atoms. The van der Waals surface area contributed by atoms with Crippen LogP contribution in [0.4, 0.5) is 4.39 Å². The second-order valence-electron chi connectivity index (χ2n) is 5.09. The van der Waals surface area contributed by atoms with Crippen molar-refractivity contribution in [3.8, 4) is 0 Å². The number of ether oxygens (including phenoxy) is 1. The molecular formula is C15H18FNO4. The van der Waals surface area contributed by atoms with Crippen LogP contribution in [0.2, 0.25) is 0 Å². The topological polar surface area (TPSA) is 66.8 Å². The van der Waals surface area contributed by atoms with Gasteiger partial charge in [0.25, 0.3) is 0 Å². The van der Waals surface area contributed by atoms with Crippen LogP contribution in [0.5, 0.6) is 0 Å². The third-order valence-corrected chi connectivity index (χ3v) is 3.48. The number of carbonyl (C=O) groups excluding carboxylic acids is 1. The van der Waals surface area contributed by atoms with Crippen LogP contribution in [-0.2, 0) is 20.7 Å². The Morgan fingerprint density at radius 1 is 1.33 bits per heavy atom. The van der Waals surface area contributed by atoms with Crippen molar-refractivity contribution < 1.29 is 23.8 Å². The van der Waals surface area contributed by atoms with E-state index in [1.165, 1.54) is 12.1 Å². The van der Waals surface area contributed by atoms with E-state index in [-0.39, 0.29) is 30.9 Å². The molecule has 1 fully saturated rings. The maximum atomic E-state index is 13.1. The zero-order valence-corrected chi connectivity index (χ0v) is 11.6. The Labute approximate surface area is 122 Å². The molecule has 21 heavy (non-hydrogen) atoms. The summed E-state index contributed by atoms with van der Waals surface area (Å²) in [5, 5.41) is 8.55. The summed E-state index contributed by atoms with van der Waals surface area (Å²) in [5.41, 5.74) is 0.657. The van der Waals surface area contributed by atoms with Crippen LogP contribution in [-0.4, -0.2) is 47.7 Å². The first-order valence-corrected chi connectivity index (χ1v) is 6.90. The van der Waals surface area contributed by atoms with Crippen molar-refractivity contribution in [1.29, 1.82) is 0 Å². The molecule has 0 aromatic heterocycles. The molecule has 5 nitrogen and oxygen atoms in total. The Hall–Kier alpha value is -1.95. The summed E-state index contributed by atoms with van der Waals surface area (Å²) in [4.78, 5) is 24.3. The maximum absolute atomic E-state index is 13.1. The molecule has 1 aromatic carbocycles. The highest BCUT2D eigenvalue weighted by Crippen LogP contribution is 2.15. The molecule has 0 unspecified atom stereocenters. The summed E-state index contributed by atoms with van der Waals surface area (Å²) in [6.45, 7) is 0.777. The Kier molecular flexibility index (Phi) is 5.27. The van der Waals surface area contributed by atoms with Gasteiger partial charge < -0.3 is 14.7 Å². The Morgan fingerprint density at radius 2 is 2.05 bits per heavy atom. The van der Waals surface area contributed by atoms with E-state index in [0.29, 0.717) is 31.5 Å². The summed E-state index contributed by atoms with van der Waals surface area (Å²) in [6.07, 6.45) is 1.32. The zero-order valence-electron chi connectivity index (χ0n) is 11.6. The number of hydrogen-bond donors (Lipinski definition) is 1. The molecule has 0 atom stereocenters. The van der Waals surface area contributed by atoms with Gasteiger partial charge in [-0.25, -0.2) is 9.18 Å². The van der Waals surface area contributed by atoms with Crippen molar-refractivity contribution in [3.05, 3.63) is 35.6 Å². The maximum Gasteiger partial charge on any atom is 0.329 e. The van der Waals surface area contributed by atoms with Crippen LogP contribution in [0.3, 0.4) is 0 Å². The SMILES string of the molecule is O=C(O)COC1CCN(C(=O)Cc2cccc(F)c2)CC1. The Morgan fingerprint density at radius 3 is 2.67 bits per heavy atom. The van der Waals surface area contributed by atoms with Gasteiger partial charge in [0.05, 0.1) is 12.5 Å². The van der Waals surface area contributed by atoms with Gasteiger partial charge in [-0.05, 0) is 30.5 Å². The van der Waals surface area contributed by atoms with E-state index in [4.69, 9.17) is 9.84 Å². The zero-order chi connectivity index (χ0) is 15.2. The van der Waals surface area contributed by atoms with Gasteiger partial charge >= 0.3 is 5.97 Å². The number of halogens is 1. The van der Waals surface area contributed by atoms with Gasteiger partial charge in [-0.15, -0.1) is 0 Å². The average molecular weight is 295 g/mol. The molecule has 6 heteroatoms. The van der Waals surface area contributed by atoms with E-state index in [0.717, 1.165) is 0 Å².